The van der Waals surface area contributed by atoms with Gasteiger partial charge in [-0.3, -0.25) is 0 Å². The summed E-state index contributed by atoms with van der Waals surface area (Å²) >= 11 is 0. The molecule has 0 bridgehead atoms. The zero-order chi connectivity index (χ0) is 8.72. The fraction of sp³-hybridized carbons (Fsp3) is 0.125. The Morgan fingerprint density at radius 1 is 1.62 bits per heavy atom. The summed E-state index contributed by atoms with van der Waals surface area (Å²) in [5.41, 5.74) is 1.81. The van der Waals surface area contributed by atoms with E-state index in [0.717, 1.165) is 11.0 Å². The number of aromatic amines is 1. The van der Waals surface area contributed by atoms with Crippen LogP contribution in [0.15, 0.2) is 18.3 Å². The first-order valence-corrected chi connectivity index (χ1v) is 3.54. The topological polar surface area (TPSA) is 60.8 Å². The van der Waals surface area contributed by atoms with E-state index in [4.69, 9.17) is 0 Å². The summed E-state index contributed by atoms with van der Waals surface area (Å²) in [6, 6.07) is 3.38. The van der Waals surface area contributed by atoms with Crippen LogP contribution < -0.4 is 56.5 Å². The third-order valence-electron chi connectivity index (χ3n) is 1.89. The third kappa shape index (κ3) is 1.89. The predicted octanol–water partition coefficient (Wildman–Crippen LogP) is -3.13. The van der Waals surface area contributed by atoms with E-state index < -0.39 is 5.97 Å². The summed E-state index contributed by atoms with van der Waals surface area (Å²) in [6.45, 7) is 0. The third-order valence-corrected chi connectivity index (χ3v) is 1.89. The number of nitrogens with zero attached hydrogens (tertiary/aromatic N) is 1. The van der Waals surface area contributed by atoms with Gasteiger partial charge in [-0.15, -0.1) is 0 Å². The molecule has 2 rings (SSSR count). The summed E-state index contributed by atoms with van der Waals surface area (Å²) in [7, 11) is 1.86. The molecule has 0 saturated heterocycles. The molecule has 0 amide bonds. The summed E-state index contributed by atoms with van der Waals surface area (Å²) in [4.78, 5) is 13.2. The maximum absolute atomic E-state index is 10.4. The molecule has 5 heteroatoms. The smallest absolute Gasteiger partial charge is 0.543 e. The second-order valence-corrected chi connectivity index (χ2v) is 2.70. The van der Waals surface area contributed by atoms with Crippen molar-refractivity contribution in [3.63, 3.8) is 0 Å². The monoisotopic (exact) mass is 202 g/mol. The molecule has 0 aliphatic carbocycles. The number of hydrogen-bond acceptors (Lipinski definition) is 2. The number of aromatic nitrogens is 2. The van der Waals surface area contributed by atoms with Crippen molar-refractivity contribution in [1.29, 1.82) is 0 Å². The number of carbonyl (C=O) groups is 1. The molecule has 0 unspecified atom stereocenters. The summed E-state index contributed by atoms with van der Waals surface area (Å²) < 4.78 is 1.85. The van der Waals surface area contributed by atoms with Crippen molar-refractivity contribution in [2.75, 3.05) is 0 Å². The van der Waals surface area contributed by atoms with Crippen molar-refractivity contribution in [3.8, 4) is 0 Å². The molecule has 0 aromatic carbocycles. The Bertz CT molecular complexity index is 444. The van der Waals surface area contributed by atoms with Crippen molar-refractivity contribution in [2.24, 2.45) is 7.05 Å². The molecule has 2 aromatic rings. The van der Waals surface area contributed by atoms with Crippen molar-refractivity contribution < 1.29 is 61.3 Å². The summed E-state index contributed by atoms with van der Waals surface area (Å²) in [5.74, 6) is -1.17. The normalized spacial score (nSPS) is 9.92. The second kappa shape index (κ2) is 3.97. The van der Waals surface area contributed by atoms with Crippen molar-refractivity contribution >= 4 is 17.0 Å². The van der Waals surface area contributed by atoms with Crippen LogP contribution >= 0.6 is 0 Å². The molecule has 0 atom stereocenters. The maximum atomic E-state index is 10.4. The Morgan fingerprint density at radius 3 is 2.85 bits per heavy atom. The van der Waals surface area contributed by atoms with Gasteiger partial charge < -0.3 is 19.5 Å². The van der Waals surface area contributed by atoms with Crippen molar-refractivity contribution in [1.82, 2.24) is 9.55 Å². The van der Waals surface area contributed by atoms with Crippen LogP contribution in [0.3, 0.4) is 0 Å². The van der Waals surface area contributed by atoms with Crippen LogP contribution in [-0.4, -0.2) is 15.5 Å². The average Bonchev–Trinajstić information content (AvgIpc) is 2.53. The number of fused-ring (bicyclic) bond motifs is 1. The van der Waals surface area contributed by atoms with Crippen LogP contribution in [-0.2, 0) is 7.05 Å². The van der Waals surface area contributed by atoms with Gasteiger partial charge in [0.1, 0.15) is 0 Å². The van der Waals surface area contributed by atoms with Crippen LogP contribution in [0.5, 0.6) is 0 Å². The van der Waals surface area contributed by atoms with Gasteiger partial charge in [-0.25, -0.2) is 0 Å². The predicted molar refractivity (Wildman–Crippen MR) is 41.6 cm³/mol. The van der Waals surface area contributed by atoms with E-state index in [1.165, 1.54) is 0 Å². The number of rotatable bonds is 1. The molecule has 0 aliphatic heterocycles. The Kier molecular flexibility index (Phi) is 3.36. The first kappa shape index (κ1) is 11.0. The molecule has 0 saturated carbocycles. The number of aryl methyl sites for hydroxylation is 1. The molecule has 2 heterocycles. The van der Waals surface area contributed by atoms with Crippen LogP contribution in [0.1, 0.15) is 10.5 Å². The van der Waals surface area contributed by atoms with Crippen molar-refractivity contribution in [3.05, 3.63) is 24.0 Å². The van der Waals surface area contributed by atoms with Crippen LogP contribution in [0.4, 0.5) is 0 Å². The minimum absolute atomic E-state index is 0. The van der Waals surface area contributed by atoms with Gasteiger partial charge in [0, 0.05) is 13.2 Å². The first-order chi connectivity index (χ1) is 5.68. The number of aromatic carboxylic acids is 1. The van der Waals surface area contributed by atoms with Gasteiger partial charge in [-0.2, -0.15) is 0 Å². The molecule has 0 spiro atoms. The minimum atomic E-state index is -1.17. The maximum Gasteiger partial charge on any atom is 1.00 e. The van der Waals surface area contributed by atoms with Crippen LogP contribution in [0, 0.1) is 0 Å². The number of carboxylic acid groups (broad SMARTS) is 1. The zero-order valence-corrected chi connectivity index (χ0v) is 10.6. The van der Waals surface area contributed by atoms with E-state index >= 15 is 0 Å². The molecular formula is C8H7KN2O2. The second-order valence-electron chi connectivity index (χ2n) is 2.70. The Morgan fingerprint density at radius 2 is 2.31 bits per heavy atom. The van der Waals surface area contributed by atoms with Gasteiger partial charge >= 0.3 is 51.4 Å². The van der Waals surface area contributed by atoms with Crippen LogP contribution in [0.25, 0.3) is 11.0 Å². The number of carboxylic acids is 1. The average molecular weight is 202 g/mol. The van der Waals surface area contributed by atoms with Gasteiger partial charge in [-0.1, -0.05) is 0 Å². The fourth-order valence-corrected chi connectivity index (χ4v) is 1.26. The van der Waals surface area contributed by atoms with E-state index in [-0.39, 0.29) is 57.1 Å². The van der Waals surface area contributed by atoms with Gasteiger partial charge in [0.2, 0.25) is 0 Å². The molecule has 13 heavy (non-hydrogen) atoms. The molecule has 0 fully saturated rings. The quantitative estimate of drug-likeness (QED) is 0.497. The molecular weight excluding hydrogens is 195 g/mol. The Labute approximate surface area is 117 Å². The molecule has 4 nitrogen and oxygen atoms in total. The minimum Gasteiger partial charge on any atom is -0.543 e. The Balaban J connectivity index is 0.000000845. The number of hydrogen-bond donors (Lipinski definition) is 1. The van der Waals surface area contributed by atoms with Gasteiger partial charge in [0.05, 0.1) is 22.7 Å². The molecule has 1 N–H and O–H groups in total. The van der Waals surface area contributed by atoms with E-state index in [1.54, 1.807) is 6.07 Å². The molecule has 0 aliphatic rings. The van der Waals surface area contributed by atoms with E-state index in [2.05, 4.69) is 4.98 Å². The molecule has 2 aromatic heterocycles. The Hall–Kier alpha value is -0.0736. The van der Waals surface area contributed by atoms with Gasteiger partial charge in [0.15, 0.2) is 0 Å². The van der Waals surface area contributed by atoms with Crippen LogP contribution in [0.2, 0.25) is 0 Å². The van der Waals surface area contributed by atoms with Gasteiger partial charge in [0.25, 0.3) is 0 Å². The number of nitrogens with one attached hydrogen (secondary N) is 1. The largest absolute Gasteiger partial charge is 1.00 e. The standard InChI is InChI=1S/C8H8N2O2.K/c1-10-3-2-5-7(10)4-6(9-5)8(11)12;/h2-4,9H,1H3,(H,11,12);/q;+1/p-1. The van der Waals surface area contributed by atoms with Crippen molar-refractivity contribution in [2.45, 2.75) is 0 Å². The SMILES string of the molecule is Cn1ccc2[nH]c(C(=O)[O-])cc21.[K+]. The first-order valence-electron chi connectivity index (χ1n) is 3.54. The summed E-state index contributed by atoms with van der Waals surface area (Å²) in [5, 5.41) is 10.4. The summed E-state index contributed by atoms with van der Waals surface area (Å²) in [6.07, 6.45) is 1.86. The van der Waals surface area contributed by atoms with E-state index in [9.17, 15) is 9.90 Å². The van der Waals surface area contributed by atoms with E-state index in [1.807, 2.05) is 23.9 Å². The zero-order valence-electron chi connectivity index (χ0n) is 7.50. The molecule has 0 radical (unpaired) electrons. The van der Waals surface area contributed by atoms with E-state index in [0.29, 0.717) is 0 Å². The molecule has 62 valence electrons. The number of carbonyl (C=O) groups excluding carboxylic acids is 1. The van der Waals surface area contributed by atoms with Gasteiger partial charge in [-0.05, 0) is 12.1 Å². The number of H-pyrrole nitrogens is 1. The fourth-order valence-electron chi connectivity index (χ4n) is 1.26.